The topological polar surface area (TPSA) is 61.0 Å². The molecule has 0 spiro atoms. The van der Waals surface area contributed by atoms with Gasteiger partial charge in [0.25, 0.3) is 0 Å². The van der Waals surface area contributed by atoms with Crippen LogP contribution in [0.15, 0.2) is 0 Å². The van der Waals surface area contributed by atoms with Gasteiger partial charge < -0.3 is 14.4 Å². The second kappa shape index (κ2) is 8.60. The van der Waals surface area contributed by atoms with Crippen LogP contribution in [0.2, 0.25) is 58.9 Å². The molecule has 3 N–H and O–H groups in total. The standard InChI is InChI=1S/C6H18OSi2.C3H10OSi.CH4.H2O/c1-8(2,3)7-9(4,5)6;1-5(2,3)4;;/h1-6H3;4H,1-3H3;1H4;1H2. The molecule has 0 aliphatic heterocycles. The summed E-state index contributed by atoms with van der Waals surface area (Å²) in [6.07, 6.45) is 0. The summed E-state index contributed by atoms with van der Waals surface area (Å²) in [7, 11) is -4.07. The molecule has 0 aliphatic rings. The van der Waals surface area contributed by atoms with Crippen molar-refractivity contribution in [3.8, 4) is 0 Å². The summed E-state index contributed by atoms with van der Waals surface area (Å²) in [5.41, 5.74) is 0. The maximum atomic E-state index is 8.66. The van der Waals surface area contributed by atoms with Crippen molar-refractivity contribution in [1.82, 2.24) is 0 Å². The largest absolute Gasteiger partial charge is 0.456 e. The SMILES string of the molecule is C.C[Si](C)(C)O.C[Si](C)(C)O[Si](C)(C)C.O. The molecule has 0 fully saturated rings. The molecule has 0 unspecified atom stereocenters. The summed E-state index contributed by atoms with van der Waals surface area (Å²) in [4.78, 5) is 8.66. The first kappa shape index (κ1) is 25.4. The first-order valence-electron chi connectivity index (χ1n) is 5.13. The van der Waals surface area contributed by atoms with Crippen molar-refractivity contribution in [3.63, 3.8) is 0 Å². The summed E-state index contributed by atoms with van der Waals surface area (Å²) in [5, 5.41) is 0. The van der Waals surface area contributed by atoms with Crippen molar-refractivity contribution in [2.24, 2.45) is 0 Å². The lowest BCUT2D eigenvalue weighted by atomic mass is 11.8. The number of rotatable bonds is 2. The van der Waals surface area contributed by atoms with Crippen LogP contribution in [0.3, 0.4) is 0 Å². The van der Waals surface area contributed by atoms with Crippen LogP contribution in [0.4, 0.5) is 0 Å². The lowest BCUT2D eigenvalue weighted by Gasteiger charge is -2.27. The lowest BCUT2D eigenvalue weighted by molar-refractivity contribution is 0.558. The number of hydrogen-bond acceptors (Lipinski definition) is 2. The third-order valence-electron chi connectivity index (χ3n) is 0.612. The summed E-state index contributed by atoms with van der Waals surface area (Å²) in [5.74, 6) is 0. The van der Waals surface area contributed by atoms with E-state index in [1.807, 2.05) is 19.6 Å². The van der Waals surface area contributed by atoms with Gasteiger partial charge in [0.15, 0.2) is 25.0 Å². The van der Waals surface area contributed by atoms with Crippen molar-refractivity contribution >= 4 is 25.0 Å². The molecule has 0 radical (unpaired) electrons. The highest BCUT2D eigenvalue weighted by molar-refractivity contribution is 6.83. The van der Waals surface area contributed by atoms with Crippen LogP contribution < -0.4 is 0 Å². The smallest absolute Gasteiger partial charge is 0.179 e. The van der Waals surface area contributed by atoms with E-state index in [0.29, 0.717) is 0 Å². The van der Waals surface area contributed by atoms with Gasteiger partial charge in [-0.1, -0.05) is 7.43 Å². The third-order valence-corrected chi connectivity index (χ3v) is 5.51. The van der Waals surface area contributed by atoms with Crippen molar-refractivity contribution in [2.45, 2.75) is 66.3 Å². The van der Waals surface area contributed by atoms with Gasteiger partial charge in [-0.05, 0) is 58.9 Å². The Bertz CT molecular complexity index is 136. The second-order valence-corrected chi connectivity index (χ2v) is 20.1. The maximum Gasteiger partial charge on any atom is 0.179 e. The summed E-state index contributed by atoms with van der Waals surface area (Å²) in [6.45, 7) is 19.1. The molecule has 0 bridgehead atoms. The van der Waals surface area contributed by atoms with Crippen molar-refractivity contribution < 1.29 is 14.4 Å². The highest BCUT2D eigenvalue weighted by Gasteiger charge is 2.24. The molecular weight excluding hydrogens is 252 g/mol. The van der Waals surface area contributed by atoms with Crippen LogP contribution in [0.25, 0.3) is 0 Å². The maximum absolute atomic E-state index is 8.66. The van der Waals surface area contributed by atoms with E-state index < -0.39 is 25.0 Å². The normalized spacial score (nSPS) is 11.6. The highest BCUT2D eigenvalue weighted by atomic mass is 28.4. The van der Waals surface area contributed by atoms with Gasteiger partial charge in [0.2, 0.25) is 0 Å². The lowest BCUT2D eigenvalue weighted by Crippen LogP contribution is -2.39. The fourth-order valence-electron chi connectivity index (χ4n) is 0.919. The molecule has 16 heavy (non-hydrogen) atoms. The van der Waals surface area contributed by atoms with Crippen LogP contribution in [-0.2, 0) is 4.12 Å². The third kappa shape index (κ3) is 62.4. The molecule has 0 heterocycles. The van der Waals surface area contributed by atoms with E-state index in [2.05, 4.69) is 39.3 Å². The van der Waals surface area contributed by atoms with Crippen LogP contribution in [0, 0.1) is 0 Å². The second-order valence-electron chi connectivity index (χ2n) is 6.50. The van der Waals surface area contributed by atoms with Crippen molar-refractivity contribution in [2.75, 3.05) is 0 Å². The van der Waals surface area contributed by atoms with E-state index in [4.69, 9.17) is 8.91 Å². The van der Waals surface area contributed by atoms with E-state index in [9.17, 15) is 0 Å². The minimum Gasteiger partial charge on any atom is -0.456 e. The Labute approximate surface area is 106 Å². The van der Waals surface area contributed by atoms with Gasteiger partial charge in [-0.25, -0.2) is 0 Å². The van der Waals surface area contributed by atoms with Crippen molar-refractivity contribution in [3.05, 3.63) is 0 Å². The minimum atomic E-state index is -1.61. The van der Waals surface area contributed by atoms with Gasteiger partial charge in [0, 0.05) is 0 Å². The van der Waals surface area contributed by atoms with Gasteiger partial charge in [-0.15, -0.1) is 0 Å². The predicted molar refractivity (Wildman–Crippen MR) is 83.7 cm³/mol. The summed E-state index contributed by atoms with van der Waals surface area (Å²) in [6, 6.07) is 0. The van der Waals surface area contributed by atoms with E-state index in [1.165, 1.54) is 0 Å². The molecule has 0 aromatic carbocycles. The Morgan fingerprint density at radius 3 is 0.812 bits per heavy atom. The minimum absolute atomic E-state index is 0. The Kier molecular flexibility index (Phi) is 13.6. The molecule has 3 nitrogen and oxygen atoms in total. The fourth-order valence-corrected chi connectivity index (χ4v) is 8.27. The molecule has 0 amide bonds. The molecule has 0 rings (SSSR count). The van der Waals surface area contributed by atoms with Gasteiger partial charge >= 0.3 is 0 Å². The molecular formula is C10H34O3Si3. The first-order valence-corrected chi connectivity index (χ1v) is 15.4. The highest BCUT2D eigenvalue weighted by Crippen LogP contribution is 2.12. The van der Waals surface area contributed by atoms with Crippen LogP contribution >= 0.6 is 0 Å². The predicted octanol–water partition coefficient (Wildman–Crippen LogP) is 3.30. The zero-order valence-electron chi connectivity index (χ0n) is 11.9. The molecule has 0 saturated carbocycles. The Hall–Kier alpha value is 0.531. The molecule has 0 aromatic rings. The Morgan fingerprint density at radius 2 is 0.812 bits per heavy atom. The summed E-state index contributed by atoms with van der Waals surface area (Å²) < 4.78 is 5.90. The quantitative estimate of drug-likeness (QED) is 0.792. The van der Waals surface area contributed by atoms with Gasteiger partial charge in [-0.3, -0.25) is 0 Å². The Balaban J connectivity index is -0.0000000904. The van der Waals surface area contributed by atoms with Crippen LogP contribution in [0.5, 0.6) is 0 Å². The van der Waals surface area contributed by atoms with Crippen molar-refractivity contribution in [1.29, 1.82) is 0 Å². The molecule has 6 heteroatoms. The molecule has 0 aliphatic carbocycles. The van der Waals surface area contributed by atoms with Crippen LogP contribution in [0.1, 0.15) is 7.43 Å². The van der Waals surface area contributed by atoms with E-state index >= 15 is 0 Å². The van der Waals surface area contributed by atoms with E-state index in [0.717, 1.165) is 0 Å². The molecule has 104 valence electrons. The van der Waals surface area contributed by atoms with E-state index in [-0.39, 0.29) is 12.9 Å². The zero-order chi connectivity index (χ0) is 12.2. The first-order chi connectivity index (χ1) is 5.71. The molecule has 0 atom stereocenters. The average Bonchev–Trinajstić information content (AvgIpc) is 1.42. The average molecular weight is 287 g/mol. The molecule has 0 saturated heterocycles. The zero-order valence-corrected chi connectivity index (χ0v) is 14.9. The fraction of sp³-hybridized carbons (Fsp3) is 1.00. The van der Waals surface area contributed by atoms with Gasteiger partial charge in [-0.2, -0.15) is 0 Å². The van der Waals surface area contributed by atoms with Crippen LogP contribution in [-0.4, -0.2) is 35.2 Å². The number of hydrogen-bond donors (Lipinski definition) is 1. The van der Waals surface area contributed by atoms with Gasteiger partial charge in [0.05, 0.1) is 0 Å². The summed E-state index contributed by atoms with van der Waals surface area (Å²) >= 11 is 0. The Morgan fingerprint density at radius 1 is 0.688 bits per heavy atom. The van der Waals surface area contributed by atoms with Gasteiger partial charge in [0.1, 0.15) is 0 Å². The molecule has 0 aromatic heterocycles. The monoisotopic (exact) mass is 286 g/mol. The van der Waals surface area contributed by atoms with E-state index in [1.54, 1.807) is 0 Å².